The Morgan fingerprint density at radius 1 is 0.919 bits per heavy atom. The van der Waals surface area contributed by atoms with Gasteiger partial charge < -0.3 is 10.2 Å². The highest BCUT2D eigenvalue weighted by molar-refractivity contribution is 9.10. The van der Waals surface area contributed by atoms with Crippen LogP contribution in [0.2, 0.25) is 0 Å². The number of carbonyl (C=O) groups is 2. The minimum absolute atomic E-state index is 0.0676. The molecule has 0 spiro atoms. The second-order valence-corrected chi connectivity index (χ2v) is 12.1. The fourth-order valence-corrected chi connectivity index (χ4v) is 5.81. The van der Waals surface area contributed by atoms with Crippen LogP contribution in [0.1, 0.15) is 25.8 Å². The van der Waals surface area contributed by atoms with E-state index >= 15 is 0 Å². The fraction of sp³-hybridized carbons (Fsp3) is 0.259. The molecule has 37 heavy (non-hydrogen) atoms. The van der Waals surface area contributed by atoms with E-state index in [0.29, 0.717) is 12.2 Å². The van der Waals surface area contributed by atoms with Gasteiger partial charge in [0.05, 0.1) is 10.6 Å². The maximum absolute atomic E-state index is 13.8. The van der Waals surface area contributed by atoms with E-state index in [-0.39, 0.29) is 17.3 Å². The number of nitrogens with one attached hydrogen (secondary N) is 1. The summed E-state index contributed by atoms with van der Waals surface area (Å²) in [5.41, 5.74) is 1.14. The highest BCUT2D eigenvalue weighted by Crippen LogP contribution is 2.26. The lowest BCUT2D eigenvalue weighted by molar-refractivity contribution is -0.139. The lowest BCUT2D eigenvalue weighted by Crippen LogP contribution is -2.51. The molecule has 10 heteroatoms. The Bertz CT molecular complexity index is 1320. The summed E-state index contributed by atoms with van der Waals surface area (Å²) in [6.45, 7) is 3.74. The molecule has 0 aliphatic rings. The van der Waals surface area contributed by atoms with Gasteiger partial charge in [0, 0.05) is 22.0 Å². The van der Waals surface area contributed by atoms with Gasteiger partial charge in [-0.25, -0.2) is 8.42 Å². The average Bonchev–Trinajstić information content (AvgIpc) is 2.89. The number of hydrogen-bond donors (Lipinski definition) is 1. The summed E-state index contributed by atoms with van der Waals surface area (Å²) in [7, 11) is -4.07. The van der Waals surface area contributed by atoms with Gasteiger partial charge in [-0.1, -0.05) is 69.1 Å². The largest absolute Gasteiger partial charge is 0.354 e. The Morgan fingerprint density at radius 2 is 1.59 bits per heavy atom. The van der Waals surface area contributed by atoms with Gasteiger partial charge >= 0.3 is 0 Å². The smallest absolute Gasteiger partial charge is 0.264 e. The van der Waals surface area contributed by atoms with Crippen molar-refractivity contribution in [1.29, 1.82) is 0 Å². The monoisotopic (exact) mass is 649 g/mol. The molecule has 196 valence electrons. The van der Waals surface area contributed by atoms with Gasteiger partial charge in [-0.15, -0.1) is 0 Å². The minimum Gasteiger partial charge on any atom is -0.354 e. The standard InChI is InChI=1S/C27H29Br2N3O4S/c1-3-16-30-27(34)20(2)31(18-21-8-7-9-23(29)17-21)26(33)19-32(24-14-12-22(28)13-15-24)37(35,36)25-10-5-4-6-11-25/h4-15,17,20H,3,16,18-19H2,1-2H3,(H,30,34)/t20-/m1/s1. The number of halogens is 2. The SMILES string of the molecule is CCCNC(=O)[C@@H](C)N(Cc1cccc(Br)c1)C(=O)CN(c1ccc(Br)cc1)S(=O)(=O)c1ccccc1. The zero-order chi connectivity index (χ0) is 27.0. The molecule has 0 heterocycles. The lowest BCUT2D eigenvalue weighted by atomic mass is 10.1. The highest BCUT2D eigenvalue weighted by Gasteiger charge is 2.32. The number of sulfonamides is 1. The number of amides is 2. The van der Waals surface area contributed by atoms with Gasteiger partial charge in [0.25, 0.3) is 10.0 Å². The van der Waals surface area contributed by atoms with Crippen LogP contribution < -0.4 is 9.62 Å². The van der Waals surface area contributed by atoms with Crippen LogP contribution in [-0.4, -0.2) is 44.3 Å². The van der Waals surface area contributed by atoms with E-state index in [1.807, 2.05) is 31.2 Å². The molecule has 0 aliphatic carbocycles. The van der Waals surface area contributed by atoms with Gasteiger partial charge in [-0.2, -0.15) is 0 Å². The summed E-state index contributed by atoms with van der Waals surface area (Å²) < 4.78 is 30.1. The fourth-order valence-electron chi connectivity index (χ4n) is 3.67. The summed E-state index contributed by atoms with van der Waals surface area (Å²) in [5.74, 6) is -0.798. The molecular formula is C27H29Br2N3O4S. The van der Waals surface area contributed by atoms with Gasteiger partial charge in [0.1, 0.15) is 12.6 Å². The van der Waals surface area contributed by atoms with Crippen LogP contribution >= 0.6 is 31.9 Å². The van der Waals surface area contributed by atoms with Gasteiger partial charge in [-0.3, -0.25) is 13.9 Å². The maximum Gasteiger partial charge on any atom is 0.264 e. The number of hydrogen-bond acceptors (Lipinski definition) is 4. The third kappa shape index (κ3) is 7.66. The van der Waals surface area contributed by atoms with E-state index in [0.717, 1.165) is 25.2 Å². The molecule has 0 aliphatic heterocycles. The minimum atomic E-state index is -4.07. The second-order valence-electron chi connectivity index (χ2n) is 8.42. The zero-order valence-corrected chi connectivity index (χ0v) is 24.6. The Morgan fingerprint density at radius 3 is 2.22 bits per heavy atom. The Hall–Kier alpha value is -2.69. The molecule has 0 unspecified atom stereocenters. The van der Waals surface area contributed by atoms with E-state index < -0.39 is 28.5 Å². The van der Waals surface area contributed by atoms with E-state index in [2.05, 4.69) is 37.2 Å². The maximum atomic E-state index is 13.8. The molecule has 0 saturated heterocycles. The van der Waals surface area contributed by atoms with Crippen molar-refractivity contribution in [2.45, 2.75) is 37.8 Å². The van der Waals surface area contributed by atoms with Crippen molar-refractivity contribution < 1.29 is 18.0 Å². The van der Waals surface area contributed by atoms with Gasteiger partial charge in [0.15, 0.2) is 0 Å². The zero-order valence-electron chi connectivity index (χ0n) is 20.6. The number of benzene rings is 3. The normalized spacial score (nSPS) is 12.0. The van der Waals surface area contributed by atoms with Crippen LogP contribution in [0.3, 0.4) is 0 Å². The Labute approximate surface area is 235 Å². The predicted molar refractivity (Wildman–Crippen MR) is 153 cm³/mol. The van der Waals surface area contributed by atoms with Crippen molar-refractivity contribution in [2.24, 2.45) is 0 Å². The van der Waals surface area contributed by atoms with Crippen molar-refractivity contribution in [3.05, 3.63) is 93.4 Å². The Kier molecular flexibility index (Phi) is 10.3. The van der Waals surface area contributed by atoms with Crippen molar-refractivity contribution >= 4 is 59.4 Å². The van der Waals surface area contributed by atoms with Crippen molar-refractivity contribution in [3.63, 3.8) is 0 Å². The molecule has 0 radical (unpaired) electrons. The van der Waals surface area contributed by atoms with Crippen LogP contribution in [-0.2, 0) is 26.2 Å². The molecule has 1 N–H and O–H groups in total. The first-order valence-electron chi connectivity index (χ1n) is 11.8. The average molecular weight is 651 g/mol. The van der Waals surface area contributed by atoms with Crippen LogP contribution in [0, 0.1) is 0 Å². The summed E-state index contributed by atoms with van der Waals surface area (Å²) in [5, 5.41) is 2.83. The Balaban J connectivity index is 2.00. The van der Waals surface area contributed by atoms with E-state index in [1.165, 1.54) is 17.0 Å². The topological polar surface area (TPSA) is 86.8 Å². The molecule has 0 bridgehead atoms. The number of nitrogens with zero attached hydrogens (tertiary/aromatic N) is 2. The van der Waals surface area contributed by atoms with E-state index in [9.17, 15) is 18.0 Å². The molecule has 1 atom stereocenters. The molecular weight excluding hydrogens is 622 g/mol. The number of rotatable bonds is 11. The number of anilines is 1. The van der Waals surface area contributed by atoms with Crippen LogP contribution in [0.5, 0.6) is 0 Å². The highest BCUT2D eigenvalue weighted by atomic mass is 79.9. The first-order chi connectivity index (χ1) is 17.6. The van der Waals surface area contributed by atoms with E-state index in [1.54, 1.807) is 49.4 Å². The second kappa shape index (κ2) is 13.2. The first-order valence-corrected chi connectivity index (χ1v) is 14.8. The molecule has 0 fully saturated rings. The van der Waals surface area contributed by atoms with Crippen LogP contribution in [0.4, 0.5) is 5.69 Å². The lowest BCUT2D eigenvalue weighted by Gasteiger charge is -2.32. The summed E-state index contributed by atoms with van der Waals surface area (Å²) in [6.07, 6.45) is 0.755. The molecule has 0 aromatic heterocycles. The summed E-state index contributed by atoms with van der Waals surface area (Å²) in [4.78, 5) is 28.1. The molecule has 3 aromatic rings. The van der Waals surface area contributed by atoms with Gasteiger partial charge in [-0.05, 0) is 67.4 Å². The molecule has 3 rings (SSSR count). The molecule has 7 nitrogen and oxygen atoms in total. The van der Waals surface area contributed by atoms with Crippen molar-refractivity contribution in [1.82, 2.24) is 10.2 Å². The summed E-state index contributed by atoms with van der Waals surface area (Å²) in [6, 6.07) is 21.3. The molecule has 3 aromatic carbocycles. The number of carbonyl (C=O) groups excluding carboxylic acids is 2. The quantitative estimate of drug-likeness (QED) is 0.303. The molecule has 0 saturated carbocycles. The van der Waals surface area contributed by atoms with Gasteiger partial charge in [0.2, 0.25) is 11.8 Å². The third-order valence-corrected chi connectivity index (χ3v) is 8.49. The third-order valence-electron chi connectivity index (χ3n) is 5.68. The van der Waals surface area contributed by atoms with Crippen LogP contribution in [0.15, 0.2) is 92.7 Å². The summed E-state index contributed by atoms with van der Waals surface area (Å²) >= 11 is 6.81. The van der Waals surface area contributed by atoms with Crippen LogP contribution in [0.25, 0.3) is 0 Å². The first kappa shape index (κ1) is 28.9. The predicted octanol–water partition coefficient (Wildman–Crippen LogP) is 5.35. The molecule has 2 amide bonds. The van der Waals surface area contributed by atoms with Crippen molar-refractivity contribution in [2.75, 3.05) is 17.4 Å². The van der Waals surface area contributed by atoms with Crippen molar-refractivity contribution in [3.8, 4) is 0 Å². The van der Waals surface area contributed by atoms with E-state index in [4.69, 9.17) is 0 Å².